The van der Waals surface area contributed by atoms with Crippen molar-refractivity contribution in [3.63, 3.8) is 0 Å². The maximum Gasteiger partial charge on any atom is 0.151 e. The number of halogens is 4. The van der Waals surface area contributed by atoms with Crippen LogP contribution in [0.3, 0.4) is 0 Å². The summed E-state index contributed by atoms with van der Waals surface area (Å²) in [5, 5.41) is 0. The van der Waals surface area contributed by atoms with Crippen LogP contribution < -0.4 is 0 Å². The quantitative estimate of drug-likeness (QED) is 0.533. The van der Waals surface area contributed by atoms with Crippen molar-refractivity contribution in [2.24, 2.45) is 0 Å². The maximum absolute atomic E-state index is 12.2. The molecule has 0 amide bonds. The second-order valence-electron chi connectivity index (χ2n) is 1.58. The Bertz CT molecular complexity index is 68.9. The van der Waals surface area contributed by atoms with Crippen LogP contribution in [0.25, 0.3) is 0 Å². The van der Waals surface area contributed by atoms with Crippen LogP contribution in [0.4, 0.5) is 8.78 Å². The van der Waals surface area contributed by atoms with Crippen LogP contribution in [0.5, 0.6) is 0 Å². The number of alkyl halides is 4. The van der Waals surface area contributed by atoms with E-state index in [2.05, 4.69) is 0 Å². The molecule has 0 aliphatic heterocycles. The van der Waals surface area contributed by atoms with Crippen molar-refractivity contribution in [1.82, 2.24) is 0 Å². The lowest BCUT2D eigenvalue weighted by Gasteiger charge is -2.15. The molecule has 0 aliphatic carbocycles. The first-order chi connectivity index (χ1) is 3.48. The third kappa shape index (κ3) is 3.37. The molecule has 8 heavy (non-hydrogen) atoms. The Balaban J connectivity index is 3.62. The van der Waals surface area contributed by atoms with Gasteiger partial charge in [0.2, 0.25) is 0 Å². The molecule has 50 valence electrons. The van der Waals surface area contributed by atoms with Crippen molar-refractivity contribution in [3.05, 3.63) is 0 Å². The Morgan fingerprint density at radius 1 is 1.62 bits per heavy atom. The van der Waals surface area contributed by atoms with Gasteiger partial charge in [-0.1, -0.05) is 45.2 Å². The van der Waals surface area contributed by atoms with Gasteiger partial charge in [0.1, 0.15) is 8.10 Å². The molecule has 0 saturated carbocycles. The summed E-state index contributed by atoms with van der Waals surface area (Å²) in [6.45, 7) is 0.765. The molecule has 0 spiro atoms. The van der Waals surface area contributed by atoms with Gasteiger partial charge >= 0.3 is 0 Å². The molecule has 0 fully saturated rings. The van der Waals surface area contributed by atoms with Gasteiger partial charge in [-0.3, -0.25) is 0 Å². The molecular formula is C4H6F2I2. The summed E-state index contributed by atoms with van der Waals surface area (Å²) in [7, 11) is 0. The fourth-order valence-electron chi connectivity index (χ4n) is 0.135. The number of hydrogen-bond acceptors (Lipinski definition) is 0. The normalized spacial score (nSPS) is 16.1. The van der Waals surface area contributed by atoms with Crippen molar-refractivity contribution in [2.75, 3.05) is 6.67 Å². The minimum atomic E-state index is -1.34. The van der Waals surface area contributed by atoms with Crippen LogP contribution in [0.2, 0.25) is 0 Å². The van der Waals surface area contributed by atoms with Gasteiger partial charge in [0.15, 0.2) is 6.17 Å². The van der Waals surface area contributed by atoms with E-state index in [4.69, 9.17) is 0 Å². The summed E-state index contributed by atoms with van der Waals surface area (Å²) in [6, 6.07) is 0. The zero-order valence-electron chi connectivity index (χ0n) is 4.30. The highest BCUT2D eigenvalue weighted by atomic mass is 127. The Hall–Kier alpha value is 1.32. The monoisotopic (exact) mass is 346 g/mol. The Morgan fingerprint density at radius 3 is 2.00 bits per heavy atom. The summed E-state index contributed by atoms with van der Waals surface area (Å²) in [6.07, 6.45) is -1.34. The molecule has 0 N–H and O–H groups in total. The minimum Gasteiger partial charge on any atom is -0.248 e. The van der Waals surface area contributed by atoms with E-state index in [1.54, 1.807) is 6.92 Å². The van der Waals surface area contributed by atoms with Gasteiger partial charge in [-0.25, -0.2) is 8.78 Å². The zero-order valence-corrected chi connectivity index (χ0v) is 8.61. The van der Waals surface area contributed by atoms with Gasteiger partial charge in [-0.15, -0.1) is 0 Å². The number of hydrogen-bond donors (Lipinski definition) is 0. The Morgan fingerprint density at radius 2 is 2.00 bits per heavy atom. The predicted octanol–water partition coefficient (Wildman–Crippen LogP) is 2.88. The van der Waals surface area contributed by atoms with Crippen LogP contribution in [-0.2, 0) is 0 Å². The van der Waals surface area contributed by atoms with E-state index in [-0.39, 0.29) is 0 Å². The summed E-state index contributed by atoms with van der Waals surface area (Å²) in [5.74, 6) is 0. The molecule has 1 unspecified atom stereocenters. The molecule has 4 heteroatoms. The van der Waals surface area contributed by atoms with E-state index >= 15 is 0 Å². The van der Waals surface area contributed by atoms with E-state index in [9.17, 15) is 8.78 Å². The highest BCUT2D eigenvalue weighted by Gasteiger charge is 2.27. The second kappa shape index (κ2) is 3.48. The molecule has 0 rings (SSSR count). The van der Waals surface area contributed by atoms with E-state index < -0.39 is 14.3 Å². The molecule has 0 saturated heterocycles. The van der Waals surface area contributed by atoms with E-state index in [0.717, 1.165) is 0 Å². The lowest BCUT2D eigenvalue weighted by Crippen LogP contribution is -2.23. The van der Waals surface area contributed by atoms with Gasteiger partial charge in [-0.05, 0) is 6.92 Å². The van der Waals surface area contributed by atoms with Gasteiger partial charge in [0, 0.05) is 0 Å². The third-order valence-electron chi connectivity index (χ3n) is 0.685. The average Bonchev–Trinajstić information content (AvgIpc) is 1.62. The van der Waals surface area contributed by atoms with Crippen LogP contribution in [0.15, 0.2) is 0 Å². The Labute approximate surface area is 74.7 Å². The topological polar surface area (TPSA) is 0 Å². The van der Waals surface area contributed by atoms with Gasteiger partial charge < -0.3 is 0 Å². The van der Waals surface area contributed by atoms with Crippen LogP contribution in [0, 0.1) is 0 Å². The van der Waals surface area contributed by atoms with Crippen molar-refractivity contribution >= 4 is 45.2 Å². The second-order valence-corrected chi connectivity index (χ2v) is 8.12. The average molecular weight is 346 g/mol. The molecule has 0 aromatic heterocycles. The molecule has 0 nitrogen and oxygen atoms in total. The van der Waals surface area contributed by atoms with Crippen LogP contribution in [0.1, 0.15) is 6.92 Å². The van der Waals surface area contributed by atoms with Crippen LogP contribution in [-0.4, -0.2) is 14.3 Å². The lowest BCUT2D eigenvalue weighted by molar-refractivity contribution is 0.260. The maximum atomic E-state index is 12.2. The molecular weight excluding hydrogens is 340 g/mol. The summed E-state index contributed by atoms with van der Waals surface area (Å²) >= 11 is 3.75. The summed E-state index contributed by atoms with van der Waals surface area (Å²) in [5.41, 5.74) is 0. The standard InChI is InChI=1S/C4H6F2I2/c1-4(7,8)3(6)2-5/h3H,2H2,1H3. The first kappa shape index (κ1) is 9.32. The molecule has 0 aliphatic rings. The van der Waals surface area contributed by atoms with Crippen molar-refractivity contribution in [1.29, 1.82) is 0 Å². The minimum absolute atomic E-state index is 0.593. The highest BCUT2D eigenvalue weighted by Crippen LogP contribution is 2.32. The fourth-order valence-corrected chi connectivity index (χ4v) is 0.468. The molecule has 1 atom stereocenters. The third-order valence-corrected chi connectivity index (χ3v) is 2.04. The van der Waals surface area contributed by atoms with E-state index in [1.165, 1.54) is 0 Å². The zero-order chi connectivity index (χ0) is 6.78. The first-order valence-corrected chi connectivity index (χ1v) is 4.22. The summed E-state index contributed by atoms with van der Waals surface area (Å²) < 4.78 is 23.2. The molecule has 0 aromatic carbocycles. The van der Waals surface area contributed by atoms with Crippen molar-refractivity contribution in [2.45, 2.75) is 14.5 Å². The molecule has 0 heterocycles. The van der Waals surface area contributed by atoms with Gasteiger partial charge in [0.25, 0.3) is 0 Å². The summed E-state index contributed by atoms with van der Waals surface area (Å²) in [4.78, 5) is 0. The smallest absolute Gasteiger partial charge is 0.151 e. The first-order valence-electron chi connectivity index (χ1n) is 2.06. The highest BCUT2D eigenvalue weighted by molar-refractivity contribution is 14.2. The van der Waals surface area contributed by atoms with E-state index in [0.29, 0.717) is 0 Å². The molecule has 0 aromatic rings. The van der Waals surface area contributed by atoms with Crippen molar-refractivity contribution < 1.29 is 8.78 Å². The fraction of sp³-hybridized carbons (Fsp3) is 1.00. The Kier molecular flexibility index (Phi) is 4.05. The van der Waals surface area contributed by atoms with Crippen LogP contribution >= 0.6 is 45.2 Å². The largest absolute Gasteiger partial charge is 0.248 e. The van der Waals surface area contributed by atoms with Crippen molar-refractivity contribution in [3.8, 4) is 0 Å². The predicted molar refractivity (Wildman–Crippen MR) is 47.3 cm³/mol. The lowest BCUT2D eigenvalue weighted by atomic mass is 10.3. The SMILES string of the molecule is CC(I)(I)C(F)CF. The van der Waals surface area contributed by atoms with Gasteiger partial charge in [-0.2, -0.15) is 0 Å². The van der Waals surface area contributed by atoms with E-state index in [1.807, 2.05) is 45.2 Å². The molecule has 0 bridgehead atoms. The molecule has 0 radical (unpaired) electrons. The van der Waals surface area contributed by atoms with Gasteiger partial charge in [0.05, 0.1) is 0 Å². The number of rotatable bonds is 2.